The van der Waals surface area contributed by atoms with Crippen molar-refractivity contribution in [1.29, 1.82) is 0 Å². The molecule has 4 nitrogen and oxygen atoms in total. The van der Waals surface area contributed by atoms with Gasteiger partial charge in [-0.25, -0.2) is 4.98 Å². The van der Waals surface area contributed by atoms with Gasteiger partial charge in [0, 0.05) is 30.5 Å². The molecule has 0 aliphatic carbocycles. The molecule has 1 fully saturated rings. The van der Waals surface area contributed by atoms with Crippen LogP contribution >= 0.6 is 11.8 Å². The summed E-state index contributed by atoms with van der Waals surface area (Å²) in [5.74, 6) is 3.54. The molecule has 0 saturated carbocycles. The van der Waals surface area contributed by atoms with Gasteiger partial charge in [0.1, 0.15) is 5.82 Å². The molecule has 3 rings (SSSR count). The maximum Gasteiger partial charge on any atom is 0.255 e. The van der Waals surface area contributed by atoms with Crippen molar-refractivity contribution < 1.29 is 0 Å². The Kier molecular flexibility index (Phi) is 1.88. The number of thioether (sulfide) groups is 1. The Hall–Kier alpha value is -0.810. The summed E-state index contributed by atoms with van der Waals surface area (Å²) >= 11 is 1.90. The quantitative estimate of drug-likeness (QED) is 0.694. The topological polar surface area (TPSA) is 57.8 Å². The fraction of sp³-hybridized carbons (Fsp3) is 0.556. The van der Waals surface area contributed by atoms with Crippen molar-refractivity contribution in [3.8, 4) is 0 Å². The minimum atomic E-state index is 0.0481. The first kappa shape index (κ1) is 8.49. The van der Waals surface area contributed by atoms with E-state index in [0.717, 1.165) is 35.1 Å². The molecule has 0 unspecified atom stereocenters. The van der Waals surface area contributed by atoms with Crippen LogP contribution in [0.4, 0.5) is 0 Å². The first-order valence-corrected chi connectivity index (χ1v) is 5.90. The number of nitrogens with one attached hydrogen (secondary N) is 2. The lowest BCUT2D eigenvalue weighted by Crippen LogP contribution is -2.24. The summed E-state index contributed by atoms with van der Waals surface area (Å²) in [6.07, 6.45) is 0. The maximum atomic E-state index is 11.6. The highest BCUT2D eigenvalue weighted by molar-refractivity contribution is 8.00. The van der Waals surface area contributed by atoms with Gasteiger partial charge in [-0.3, -0.25) is 4.79 Å². The van der Waals surface area contributed by atoms with Gasteiger partial charge in [0.25, 0.3) is 5.56 Å². The third kappa shape index (κ3) is 1.19. The summed E-state index contributed by atoms with van der Waals surface area (Å²) in [6.45, 7) is 1.41. The molecule has 0 amide bonds. The molecule has 1 aromatic heterocycles. The van der Waals surface area contributed by atoms with Crippen LogP contribution in [-0.4, -0.2) is 21.5 Å². The Balaban J connectivity index is 2.07. The van der Waals surface area contributed by atoms with Crippen LogP contribution in [0.25, 0.3) is 0 Å². The van der Waals surface area contributed by atoms with E-state index < -0.39 is 0 Å². The molecule has 0 atom stereocenters. The molecular weight excluding hydrogens is 198 g/mol. The highest BCUT2D eigenvalue weighted by Gasteiger charge is 2.25. The first-order chi connectivity index (χ1) is 6.84. The Labute approximate surface area is 85.5 Å². The lowest BCUT2D eigenvalue weighted by molar-refractivity contribution is 0.734. The van der Waals surface area contributed by atoms with Crippen molar-refractivity contribution in [3.05, 3.63) is 27.4 Å². The van der Waals surface area contributed by atoms with Gasteiger partial charge in [0.15, 0.2) is 0 Å². The van der Waals surface area contributed by atoms with Gasteiger partial charge < -0.3 is 10.3 Å². The zero-order valence-electron chi connectivity index (χ0n) is 7.67. The largest absolute Gasteiger partial charge is 0.310 e. The van der Waals surface area contributed by atoms with Crippen molar-refractivity contribution in [2.45, 2.75) is 19.0 Å². The second-order valence-electron chi connectivity index (χ2n) is 3.71. The average molecular weight is 209 g/mol. The summed E-state index contributed by atoms with van der Waals surface area (Å²) in [4.78, 5) is 19.0. The van der Waals surface area contributed by atoms with E-state index in [1.807, 2.05) is 11.8 Å². The van der Waals surface area contributed by atoms with Crippen LogP contribution in [0.2, 0.25) is 0 Å². The highest BCUT2D eigenvalue weighted by Crippen LogP contribution is 2.31. The number of rotatable bonds is 1. The van der Waals surface area contributed by atoms with Crippen LogP contribution in [0, 0.1) is 0 Å². The summed E-state index contributed by atoms with van der Waals surface area (Å²) in [6, 6.07) is 0. The predicted molar refractivity (Wildman–Crippen MR) is 55.5 cm³/mol. The monoisotopic (exact) mass is 209 g/mol. The van der Waals surface area contributed by atoms with Crippen LogP contribution in [0.5, 0.6) is 0 Å². The van der Waals surface area contributed by atoms with E-state index >= 15 is 0 Å². The van der Waals surface area contributed by atoms with Gasteiger partial charge >= 0.3 is 0 Å². The van der Waals surface area contributed by atoms with E-state index in [2.05, 4.69) is 15.3 Å². The number of aromatic amines is 1. The van der Waals surface area contributed by atoms with Gasteiger partial charge in [-0.15, -0.1) is 0 Å². The van der Waals surface area contributed by atoms with E-state index in [4.69, 9.17) is 0 Å². The number of aromatic nitrogens is 2. The van der Waals surface area contributed by atoms with Crippen molar-refractivity contribution >= 4 is 11.8 Å². The van der Waals surface area contributed by atoms with E-state index in [9.17, 15) is 4.79 Å². The molecule has 2 N–H and O–H groups in total. The molecule has 5 heteroatoms. The third-order valence-corrected chi connectivity index (χ3v) is 4.01. The van der Waals surface area contributed by atoms with Gasteiger partial charge in [-0.2, -0.15) is 11.8 Å². The minimum Gasteiger partial charge on any atom is -0.310 e. The zero-order valence-corrected chi connectivity index (χ0v) is 8.49. The average Bonchev–Trinajstić information content (AvgIpc) is 2.48. The second kappa shape index (κ2) is 3.10. The van der Waals surface area contributed by atoms with E-state index in [-0.39, 0.29) is 5.56 Å². The highest BCUT2D eigenvalue weighted by atomic mass is 32.2. The number of hydrogen-bond acceptors (Lipinski definition) is 4. The van der Waals surface area contributed by atoms with E-state index in [1.165, 1.54) is 0 Å². The number of fused-ring (bicyclic) bond motifs is 1. The number of hydrogen-bond donors (Lipinski definition) is 2. The fourth-order valence-corrected chi connectivity index (χ4v) is 2.57. The van der Waals surface area contributed by atoms with Crippen molar-refractivity contribution in [2.24, 2.45) is 0 Å². The Morgan fingerprint density at radius 1 is 1.36 bits per heavy atom. The van der Waals surface area contributed by atoms with Crippen molar-refractivity contribution in [1.82, 2.24) is 15.3 Å². The minimum absolute atomic E-state index is 0.0481. The summed E-state index contributed by atoms with van der Waals surface area (Å²) in [7, 11) is 0. The van der Waals surface area contributed by atoms with Crippen molar-refractivity contribution in [2.75, 3.05) is 11.5 Å². The Morgan fingerprint density at radius 2 is 2.21 bits per heavy atom. The zero-order chi connectivity index (χ0) is 9.54. The number of H-pyrrole nitrogens is 1. The van der Waals surface area contributed by atoms with Crippen LogP contribution in [0.1, 0.15) is 23.0 Å². The molecule has 2 aliphatic rings. The Bertz CT molecular complexity index is 425. The lowest BCUT2D eigenvalue weighted by Gasteiger charge is -2.23. The van der Waals surface area contributed by atoms with Crippen LogP contribution < -0.4 is 10.9 Å². The van der Waals surface area contributed by atoms with E-state index in [0.29, 0.717) is 12.5 Å². The molecule has 0 spiro atoms. The number of nitrogens with zero attached hydrogens (tertiary/aromatic N) is 1. The molecule has 2 aliphatic heterocycles. The van der Waals surface area contributed by atoms with Gasteiger partial charge in [0.2, 0.25) is 0 Å². The normalized spacial score (nSPS) is 20.6. The van der Waals surface area contributed by atoms with Gasteiger partial charge in [-0.05, 0) is 0 Å². The molecule has 1 aromatic rings. The molecular formula is C9H11N3OS. The molecule has 3 heterocycles. The predicted octanol–water partition coefficient (Wildman–Crippen LogP) is 0.203. The summed E-state index contributed by atoms with van der Waals surface area (Å²) in [5, 5.41) is 3.14. The molecule has 74 valence electrons. The van der Waals surface area contributed by atoms with Gasteiger partial charge in [-0.1, -0.05) is 0 Å². The van der Waals surface area contributed by atoms with Crippen LogP contribution in [-0.2, 0) is 13.1 Å². The maximum absolute atomic E-state index is 11.6. The molecule has 0 radical (unpaired) electrons. The standard InChI is InChI=1S/C9H11N3OS/c13-9-6-1-10-2-7(6)11-8(12-9)5-3-14-4-5/h5,10H,1-4H2,(H,11,12,13). The SMILES string of the molecule is O=c1[nH]c(C2CSC2)nc2c1CNC2. The third-order valence-electron chi connectivity index (χ3n) is 2.74. The first-order valence-electron chi connectivity index (χ1n) is 4.75. The molecule has 14 heavy (non-hydrogen) atoms. The van der Waals surface area contributed by atoms with Gasteiger partial charge in [0.05, 0.1) is 11.3 Å². The smallest absolute Gasteiger partial charge is 0.255 e. The fourth-order valence-electron chi connectivity index (χ4n) is 1.78. The molecule has 0 bridgehead atoms. The molecule has 1 saturated heterocycles. The van der Waals surface area contributed by atoms with Crippen LogP contribution in [0.3, 0.4) is 0 Å². The van der Waals surface area contributed by atoms with Crippen molar-refractivity contribution in [3.63, 3.8) is 0 Å². The second-order valence-corrected chi connectivity index (χ2v) is 4.79. The molecule has 0 aromatic carbocycles. The van der Waals surface area contributed by atoms with E-state index in [1.54, 1.807) is 0 Å². The Morgan fingerprint density at radius 3 is 2.93 bits per heavy atom. The van der Waals surface area contributed by atoms with Crippen LogP contribution in [0.15, 0.2) is 4.79 Å². The summed E-state index contributed by atoms with van der Waals surface area (Å²) in [5.41, 5.74) is 1.81. The lowest BCUT2D eigenvalue weighted by atomic mass is 10.1. The summed E-state index contributed by atoms with van der Waals surface area (Å²) < 4.78 is 0.